The van der Waals surface area contributed by atoms with E-state index in [1.54, 1.807) is 0 Å². The fourth-order valence-electron chi connectivity index (χ4n) is 4.05. The van der Waals surface area contributed by atoms with Gasteiger partial charge in [-0.3, -0.25) is 14.6 Å². The molecule has 3 heteroatoms. The molecule has 1 atom stereocenters. The monoisotopic (exact) mass is 320 g/mol. The Morgan fingerprint density at radius 2 is 1.58 bits per heavy atom. The van der Waals surface area contributed by atoms with Crippen molar-refractivity contribution < 1.29 is 4.79 Å². The zero-order chi connectivity index (χ0) is 16.4. The van der Waals surface area contributed by atoms with Gasteiger partial charge >= 0.3 is 0 Å². The van der Waals surface area contributed by atoms with Crippen molar-refractivity contribution in [1.29, 1.82) is 0 Å². The summed E-state index contributed by atoms with van der Waals surface area (Å²) in [5.41, 5.74) is 2.82. The van der Waals surface area contributed by atoms with E-state index < -0.39 is 0 Å². The van der Waals surface area contributed by atoms with Crippen LogP contribution in [0.15, 0.2) is 54.6 Å². The first kappa shape index (κ1) is 15.6. The maximum atomic E-state index is 12.5. The van der Waals surface area contributed by atoms with Gasteiger partial charge in [0.2, 0.25) is 0 Å². The highest BCUT2D eigenvalue weighted by Gasteiger charge is 2.32. The molecule has 0 aromatic heterocycles. The van der Waals surface area contributed by atoms with Gasteiger partial charge in [-0.15, -0.1) is 0 Å². The van der Waals surface area contributed by atoms with E-state index in [4.69, 9.17) is 0 Å². The lowest BCUT2D eigenvalue weighted by Gasteiger charge is -2.40. The van der Waals surface area contributed by atoms with Crippen molar-refractivity contribution in [3.8, 4) is 0 Å². The lowest BCUT2D eigenvalue weighted by atomic mass is 10.0. The molecule has 0 saturated carbocycles. The molecule has 1 unspecified atom stereocenters. The highest BCUT2D eigenvalue weighted by Crippen LogP contribution is 2.26. The van der Waals surface area contributed by atoms with Crippen LogP contribution >= 0.6 is 0 Å². The first-order chi connectivity index (χ1) is 11.8. The van der Waals surface area contributed by atoms with Crippen LogP contribution < -0.4 is 0 Å². The summed E-state index contributed by atoms with van der Waals surface area (Å²) in [6, 6.07) is 17.7. The van der Waals surface area contributed by atoms with Crippen molar-refractivity contribution in [3.05, 3.63) is 71.3 Å². The van der Waals surface area contributed by atoms with Crippen LogP contribution in [0.25, 0.3) is 0 Å². The summed E-state index contributed by atoms with van der Waals surface area (Å²) in [5, 5.41) is 0. The van der Waals surface area contributed by atoms with Gasteiger partial charge in [-0.25, -0.2) is 0 Å². The minimum absolute atomic E-state index is 0.0992. The summed E-state index contributed by atoms with van der Waals surface area (Å²) in [4.78, 5) is 17.7. The molecule has 4 rings (SSSR count). The van der Waals surface area contributed by atoms with E-state index in [2.05, 4.69) is 21.9 Å². The van der Waals surface area contributed by atoms with Crippen LogP contribution in [0.2, 0.25) is 0 Å². The van der Waals surface area contributed by atoms with Crippen molar-refractivity contribution in [2.75, 3.05) is 19.6 Å². The maximum Gasteiger partial charge on any atom is 0.193 e. The fraction of sp³-hybridized carbons (Fsp3) is 0.381. The first-order valence-electron chi connectivity index (χ1n) is 8.98. The van der Waals surface area contributed by atoms with Gasteiger partial charge in [0, 0.05) is 30.8 Å². The Bertz CT molecular complexity index is 696. The van der Waals surface area contributed by atoms with E-state index in [9.17, 15) is 4.79 Å². The third-order valence-corrected chi connectivity index (χ3v) is 5.28. The van der Waals surface area contributed by atoms with Crippen LogP contribution in [0.4, 0.5) is 0 Å². The largest absolute Gasteiger partial charge is 0.289 e. The Hall–Kier alpha value is -1.97. The zero-order valence-electron chi connectivity index (χ0n) is 14.0. The summed E-state index contributed by atoms with van der Waals surface area (Å²) in [7, 11) is 0. The Balaban J connectivity index is 1.45. The lowest BCUT2D eigenvalue weighted by molar-refractivity contribution is 0.0287. The normalized spacial score (nSPS) is 21.6. The minimum Gasteiger partial charge on any atom is -0.289 e. The summed E-state index contributed by atoms with van der Waals surface area (Å²) in [6.07, 6.45) is 4.52. The Morgan fingerprint density at radius 1 is 0.875 bits per heavy atom. The molecule has 2 aromatic carbocycles. The number of fused-ring (bicyclic) bond motifs is 1. The van der Waals surface area contributed by atoms with Gasteiger partial charge in [0.25, 0.3) is 0 Å². The number of carbonyl (C=O) groups excluding carboxylic acids is 1. The Labute approximate surface area is 143 Å². The van der Waals surface area contributed by atoms with Crippen LogP contribution in [0.5, 0.6) is 0 Å². The second kappa shape index (κ2) is 6.88. The van der Waals surface area contributed by atoms with Crippen LogP contribution in [-0.2, 0) is 6.54 Å². The summed E-state index contributed by atoms with van der Waals surface area (Å²) in [5.74, 6) is 0.0992. The quantitative estimate of drug-likeness (QED) is 0.805. The fourth-order valence-corrected chi connectivity index (χ4v) is 4.05. The molecule has 2 fully saturated rings. The van der Waals surface area contributed by atoms with Crippen molar-refractivity contribution in [1.82, 2.24) is 9.80 Å². The van der Waals surface area contributed by atoms with E-state index in [1.165, 1.54) is 44.5 Å². The van der Waals surface area contributed by atoms with Crippen LogP contribution in [0.3, 0.4) is 0 Å². The molecule has 0 aliphatic carbocycles. The van der Waals surface area contributed by atoms with Gasteiger partial charge in [0.1, 0.15) is 0 Å². The summed E-state index contributed by atoms with van der Waals surface area (Å²) in [6.45, 7) is 4.68. The maximum absolute atomic E-state index is 12.5. The highest BCUT2D eigenvalue weighted by molar-refractivity contribution is 6.08. The second-order valence-corrected chi connectivity index (χ2v) is 6.87. The Morgan fingerprint density at radius 3 is 2.38 bits per heavy atom. The van der Waals surface area contributed by atoms with Crippen molar-refractivity contribution >= 4 is 5.78 Å². The average molecular weight is 320 g/mol. The minimum atomic E-state index is 0.0992. The molecule has 2 aliphatic rings. The summed E-state index contributed by atoms with van der Waals surface area (Å²) >= 11 is 0. The number of ketones is 1. The molecule has 0 amide bonds. The standard InChI is InChI=1S/C21H24N2O/c24-21(18-6-2-1-3-7-18)19-11-9-17(10-12-19)16-23-15-5-14-22-13-4-8-20(22)23/h1-3,6-7,9-12,20H,4-5,8,13-16H2. The number of nitrogens with zero attached hydrogens (tertiary/aromatic N) is 2. The third kappa shape index (κ3) is 3.14. The molecule has 0 spiro atoms. The van der Waals surface area contributed by atoms with Crippen molar-refractivity contribution in [2.45, 2.75) is 32.0 Å². The van der Waals surface area contributed by atoms with Gasteiger partial charge in [-0.05, 0) is 31.4 Å². The number of hydrogen-bond acceptors (Lipinski definition) is 3. The third-order valence-electron chi connectivity index (χ3n) is 5.28. The molecular formula is C21H24N2O. The molecule has 0 bridgehead atoms. The van der Waals surface area contributed by atoms with E-state index in [-0.39, 0.29) is 5.78 Å². The molecule has 24 heavy (non-hydrogen) atoms. The number of benzene rings is 2. The van der Waals surface area contributed by atoms with Gasteiger partial charge in [0.05, 0.1) is 6.17 Å². The van der Waals surface area contributed by atoms with Crippen molar-refractivity contribution in [3.63, 3.8) is 0 Å². The first-order valence-corrected chi connectivity index (χ1v) is 8.98. The molecular weight excluding hydrogens is 296 g/mol. The van der Waals surface area contributed by atoms with Crippen LogP contribution in [-0.4, -0.2) is 41.4 Å². The number of rotatable bonds is 4. The number of hydrogen-bond donors (Lipinski definition) is 0. The van der Waals surface area contributed by atoms with E-state index in [0.29, 0.717) is 6.17 Å². The highest BCUT2D eigenvalue weighted by atomic mass is 16.1. The molecule has 0 radical (unpaired) electrons. The van der Waals surface area contributed by atoms with Gasteiger partial charge < -0.3 is 0 Å². The molecule has 2 heterocycles. The molecule has 3 nitrogen and oxygen atoms in total. The van der Waals surface area contributed by atoms with E-state index in [1.807, 2.05) is 42.5 Å². The molecule has 0 N–H and O–H groups in total. The van der Waals surface area contributed by atoms with Crippen molar-refractivity contribution in [2.24, 2.45) is 0 Å². The van der Waals surface area contributed by atoms with E-state index >= 15 is 0 Å². The second-order valence-electron chi connectivity index (χ2n) is 6.87. The SMILES string of the molecule is O=C(c1ccccc1)c1ccc(CN2CCCN3CCCC32)cc1. The topological polar surface area (TPSA) is 23.6 Å². The van der Waals surface area contributed by atoms with Gasteiger partial charge in [-0.2, -0.15) is 0 Å². The average Bonchev–Trinajstić information content (AvgIpc) is 3.12. The van der Waals surface area contributed by atoms with Crippen LogP contribution in [0.1, 0.15) is 40.7 Å². The molecule has 124 valence electrons. The van der Waals surface area contributed by atoms with E-state index in [0.717, 1.165) is 17.7 Å². The Kier molecular flexibility index (Phi) is 4.46. The summed E-state index contributed by atoms with van der Waals surface area (Å²) < 4.78 is 0. The molecule has 2 saturated heterocycles. The van der Waals surface area contributed by atoms with Gasteiger partial charge in [-0.1, -0.05) is 54.6 Å². The lowest BCUT2D eigenvalue weighted by Crippen LogP contribution is -2.49. The van der Waals surface area contributed by atoms with Crippen LogP contribution in [0, 0.1) is 0 Å². The molecule has 2 aromatic rings. The predicted molar refractivity (Wildman–Crippen MR) is 95.9 cm³/mol. The van der Waals surface area contributed by atoms with Gasteiger partial charge in [0.15, 0.2) is 5.78 Å². The zero-order valence-corrected chi connectivity index (χ0v) is 14.0. The predicted octanol–water partition coefficient (Wildman–Crippen LogP) is 3.55. The molecule has 2 aliphatic heterocycles. The number of carbonyl (C=O) groups is 1. The smallest absolute Gasteiger partial charge is 0.193 e.